The summed E-state index contributed by atoms with van der Waals surface area (Å²) >= 11 is 17.3. The topological polar surface area (TPSA) is 235 Å². The number of imidazole rings is 2. The molecule has 8 heterocycles. The van der Waals surface area contributed by atoms with Gasteiger partial charge in [0.15, 0.2) is 42.6 Å². The number of carbonyl (C=O) groups is 2. The first kappa shape index (κ1) is 95.0. The number of sulfone groups is 2. The van der Waals surface area contributed by atoms with E-state index in [0.29, 0.717) is 76.9 Å². The fraction of sp³-hybridized carbons (Fsp3) is 0.432. The van der Waals surface area contributed by atoms with Gasteiger partial charge in [-0.1, -0.05) is 53.0 Å². The minimum atomic E-state index is -5.04. The van der Waals surface area contributed by atoms with E-state index in [2.05, 4.69) is 68.9 Å². The smallest absolute Gasteiger partial charge is 0.340 e. The van der Waals surface area contributed by atoms with Crippen LogP contribution in [0.3, 0.4) is 0 Å². The first-order valence-corrected chi connectivity index (χ1v) is 54.2. The molecule has 0 N–H and O–H groups in total. The second-order valence-corrected chi connectivity index (χ2v) is 52.6. The molecule has 2 saturated carbocycles. The molecule has 4 aliphatic rings. The van der Waals surface area contributed by atoms with Gasteiger partial charge in [0.05, 0.1) is 67.4 Å². The number of Topliss-reactive ketones (excluding diaryl/α,β-unsaturated/α-hetero) is 2. The van der Waals surface area contributed by atoms with Crippen molar-refractivity contribution in [2.45, 2.75) is 184 Å². The summed E-state index contributed by atoms with van der Waals surface area (Å²) in [7, 11) is -0.141. The summed E-state index contributed by atoms with van der Waals surface area (Å²) in [4.78, 5) is 46.4. The number of fused-ring (bicyclic) bond motifs is 8. The molecule has 4 aromatic carbocycles. The monoisotopic (exact) mass is 1990 g/mol. The van der Waals surface area contributed by atoms with E-state index in [1.165, 1.54) is 85.7 Å². The Balaban J connectivity index is 0.000000173. The Hall–Kier alpha value is -9.11. The number of hydrogen-bond acceptors (Lipinski definition) is 14. The third kappa shape index (κ3) is 20.0. The predicted molar refractivity (Wildman–Crippen MR) is 459 cm³/mol. The molecule has 682 valence electrons. The van der Waals surface area contributed by atoms with Crippen LogP contribution in [0.25, 0.3) is 55.4 Å². The molecule has 0 spiro atoms. The average molecular weight is 1990 g/mol. The predicted octanol–water partition coefficient (Wildman–Crippen LogP) is 20.6. The van der Waals surface area contributed by atoms with Crippen molar-refractivity contribution in [3.8, 4) is 33.6 Å². The van der Waals surface area contributed by atoms with Gasteiger partial charge in [0.25, 0.3) is 11.8 Å². The Morgan fingerprint density at radius 1 is 0.516 bits per heavy atom. The second kappa shape index (κ2) is 36.6. The molecule has 8 aromatic heterocycles. The van der Waals surface area contributed by atoms with Crippen molar-refractivity contribution in [3.63, 3.8) is 0 Å². The zero-order chi connectivity index (χ0) is 92.7. The summed E-state index contributed by atoms with van der Waals surface area (Å²) in [6.45, 7) is 5.09. The molecule has 128 heavy (non-hydrogen) atoms. The van der Waals surface area contributed by atoms with Crippen LogP contribution in [-0.2, 0) is 119 Å². The molecule has 0 radical (unpaired) electrons. The van der Waals surface area contributed by atoms with E-state index < -0.39 is 204 Å². The van der Waals surface area contributed by atoms with Crippen LogP contribution in [0.1, 0.15) is 176 Å². The van der Waals surface area contributed by atoms with Crippen molar-refractivity contribution in [1.29, 1.82) is 0 Å². The third-order valence-corrected chi connectivity index (χ3v) is 41.5. The zero-order valence-electron chi connectivity index (χ0n) is 70.7. The van der Waals surface area contributed by atoms with E-state index in [9.17, 15) is 70.3 Å². The van der Waals surface area contributed by atoms with Crippen molar-refractivity contribution in [1.82, 2.24) is 68.2 Å². The van der Waals surface area contributed by atoms with E-state index in [1.807, 2.05) is 6.33 Å². The van der Waals surface area contributed by atoms with Gasteiger partial charge in [-0.15, -0.1) is 0 Å². The minimum absolute atomic E-state index is 0.0480. The van der Waals surface area contributed by atoms with E-state index in [0.717, 1.165) is 36.8 Å². The number of ketones is 2. The number of benzene rings is 4. The molecule has 2 fully saturated rings. The number of halogens is 17. The van der Waals surface area contributed by atoms with Crippen LogP contribution in [0.15, 0.2) is 110 Å². The number of aromatic nitrogens is 14. The minimum Gasteiger partial charge on any atom is -0.340 e. The van der Waals surface area contributed by atoms with E-state index in [1.54, 1.807) is 65.9 Å². The van der Waals surface area contributed by atoms with E-state index in [-0.39, 0.29) is 74.8 Å². The summed E-state index contributed by atoms with van der Waals surface area (Å²) in [5.74, 6) is -20.2. The van der Waals surface area contributed by atoms with Gasteiger partial charge in [-0.05, 0) is 103 Å². The van der Waals surface area contributed by atoms with Crippen molar-refractivity contribution in [3.05, 3.63) is 216 Å². The molecule has 16 rings (SSSR count). The van der Waals surface area contributed by atoms with Gasteiger partial charge in [-0.25, -0.2) is 44.4 Å². The van der Waals surface area contributed by atoms with Gasteiger partial charge in [-0.2, -0.15) is 64.3 Å². The third-order valence-electron chi connectivity index (χ3n) is 24.0. The van der Waals surface area contributed by atoms with E-state index in [4.69, 9.17) is 44.8 Å². The zero-order valence-corrected chi connectivity index (χ0v) is 77.5. The van der Waals surface area contributed by atoms with Crippen molar-refractivity contribution in [2.24, 2.45) is 40.0 Å². The SMILES string of the molecule is CCC[CH2][Sn]([CH2]CCC)([CH2]CCC)[c]1cn(C)cn1.Cn1cnc(-c2ccc(-c3ccc(Cl)c4c(CS(C)(=O)=O)nn(C)c34)c([C@@H](CC(=O)Cn3nc(C(F)(F)F)c4c3C(F)(F)[C@@H]3C[C@H]43)Cc3cc(F)cc(F)c3)n2)c1.Cn1nc(CS(C)(=O)=O)c2c(Cl)ccc(-c3ccc(Cl)nc3[C@@H](CC(=O)Cn3nc(C(F)(F)F)c4c3C(F)(F)[C@@H]3C[C@H]43)Cc3cc(F)cc(F)c3)c21. The largest absolute Gasteiger partial charge is 0.435 e. The first-order valence-electron chi connectivity index (χ1n) is 41.4. The van der Waals surface area contributed by atoms with Gasteiger partial charge >= 0.3 is 136 Å². The van der Waals surface area contributed by atoms with Crippen LogP contribution >= 0.6 is 34.8 Å². The van der Waals surface area contributed by atoms with Crippen LogP contribution < -0.4 is 3.71 Å². The Labute approximate surface area is 746 Å². The molecule has 12 aromatic rings. The number of rotatable bonds is 31. The van der Waals surface area contributed by atoms with Crippen LogP contribution in [0.5, 0.6) is 0 Å². The fourth-order valence-electron chi connectivity index (χ4n) is 18.5. The molecule has 40 heteroatoms. The number of hydrogen-bond donors (Lipinski definition) is 0. The van der Waals surface area contributed by atoms with Gasteiger partial charge in [0.2, 0.25) is 0 Å². The van der Waals surface area contributed by atoms with Crippen molar-refractivity contribution < 1.29 is 87.9 Å². The average Bonchev–Trinajstić information content (AvgIpc) is 1.52. The fourth-order valence-corrected chi connectivity index (χ4v) is 36.0. The summed E-state index contributed by atoms with van der Waals surface area (Å²) in [5.41, 5.74) is -2.10. The maximum Gasteiger partial charge on any atom is 0.435 e. The Bertz CT molecular complexity index is 6480. The standard InChI is InChI=1S/C38H31ClF7N7O3S.C34H26Cl2F7N5O3S.C4H5N2.3C4H9.Sn/c1-51-15-29(47-17-51)28-7-5-23(24-4-6-27(39)32-30(16-57(3,55)56)49-52(2)34(24)32)33(48-28)19(8-18-9-20(40)12-21(41)10-18)11-22(54)14-53-36-31(35(50-53)38(44,45)46)25-13-26(25)37(36,42)43;1-47-30-21(3-5-24(35)28(30)25(45-47)14-52(2,50)51)20-4-6-26(36)44-29(20)16(7-15-8-17(37)11-18(38)9-15)10-19(49)13-48-32-27(31(46-48)34(41,42)43)22-12-23(22)33(32,39)40;1-6-3-2-5-4-6;3*1-3-4-2;/h4-7,9-10,12,15,17,19,25-26H,8,11,13-14,16H2,1-3H3;3-6,8-9,11,16,22-23H,7,10,12-14H2,1-2H3;3-4H,1H3;3*1,3-4H2,2H3;/t19-,25+,26-;16-,22+,23-;;;;;/m11...../s1. The molecule has 4 aliphatic carbocycles. The van der Waals surface area contributed by atoms with Crippen molar-refractivity contribution >= 4 is 110 Å². The number of unbranched alkanes of at least 4 members (excludes halogenated alkanes) is 3. The van der Waals surface area contributed by atoms with Gasteiger partial charge in [0.1, 0.15) is 58.6 Å². The maximum atomic E-state index is 15.4. The molecule has 0 unspecified atom stereocenters. The molecule has 6 atom stereocenters. The first-order chi connectivity index (χ1) is 60.1. The molecular formula is C88H89Cl3F14N14O6S2Sn. The van der Waals surface area contributed by atoms with E-state index >= 15 is 17.6 Å². The van der Waals surface area contributed by atoms with Gasteiger partial charge in [0, 0.05) is 133 Å². The Kier molecular flexibility index (Phi) is 27.1. The summed E-state index contributed by atoms with van der Waals surface area (Å²) < 4.78 is 266. The number of alkyl halides is 10. The molecular weight excluding hydrogens is 1900 g/mol. The Morgan fingerprint density at radius 3 is 1.28 bits per heavy atom. The number of pyridine rings is 2. The van der Waals surface area contributed by atoms with Crippen LogP contribution in [0.2, 0.25) is 28.5 Å². The van der Waals surface area contributed by atoms with Gasteiger partial charge < -0.3 is 4.57 Å². The number of carbonyl (C=O) groups excluding carboxylic acids is 2. The molecule has 0 bridgehead atoms. The van der Waals surface area contributed by atoms with Crippen molar-refractivity contribution in [2.75, 3.05) is 12.5 Å². The second-order valence-electron chi connectivity index (χ2n) is 34.1. The summed E-state index contributed by atoms with van der Waals surface area (Å²) in [6.07, 6.45) is 6.02. The maximum absolute atomic E-state index is 15.4. The normalized spacial score (nSPS) is 17.2. The van der Waals surface area contributed by atoms with Crippen LogP contribution in [0.4, 0.5) is 61.5 Å². The quantitative estimate of drug-likeness (QED) is 0.0223. The number of aryl methyl sites for hydroxylation is 4. The van der Waals surface area contributed by atoms with Gasteiger partial charge in [-0.3, -0.25) is 33.3 Å². The molecule has 0 saturated heterocycles. The molecule has 0 aliphatic heterocycles. The van der Waals surface area contributed by atoms with Crippen LogP contribution in [0, 0.1) is 35.1 Å². The Morgan fingerprint density at radius 2 is 0.906 bits per heavy atom. The number of nitrogens with zero attached hydrogens (tertiary/aromatic N) is 14. The van der Waals surface area contributed by atoms with Crippen LogP contribution in [-0.4, -0.2) is 127 Å². The molecule has 20 nitrogen and oxygen atoms in total. The summed E-state index contributed by atoms with van der Waals surface area (Å²) in [6, 6.07) is 18.1. The molecule has 0 amide bonds. The summed E-state index contributed by atoms with van der Waals surface area (Å²) in [5, 5.41) is 16.8.